The first-order valence-corrected chi connectivity index (χ1v) is 7.27. The molecule has 1 aliphatic rings. The van der Waals surface area contributed by atoms with E-state index >= 15 is 0 Å². The molecule has 1 aromatic carbocycles. The van der Waals surface area contributed by atoms with Gasteiger partial charge in [-0.15, -0.1) is 0 Å². The molecule has 3 rings (SSSR count). The first kappa shape index (κ1) is 13.8. The lowest BCUT2D eigenvalue weighted by molar-refractivity contribution is -0.121. The highest BCUT2D eigenvalue weighted by Crippen LogP contribution is 2.29. The van der Waals surface area contributed by atoms with Crippen LogP contribution in [0.15, 0.2) is 36.7 Å². The second-order valence-electron chi connectivity index (χ2n) is 5.76. The molecule has 110 valence electrons. The van der Waals surface area contributed by atoms with Gasteiger partial charge in [-0.2, -0.15) is 0 Å². The van der Waals surface area contributed by atoms with Gasteiger partial charge in [0.2, 0.25) is 5.91 Å². The summed E-state index contributed by atoms with van der Waals surface area (Å²) < 4.78 is 1.95. The molecular formula is C16H20N4O. The van der Waals surface area contributed by atoms with Gasteiger partial charge in [0, 0.05) is 30.7 Å². The first-order chi connectivity index (χ1) is 10.1. The number of hydrogen-bond donors (Lipinski definition) is 2. The molecule has 1 aliphatic carbocycles. The van der Waals surface area contributed by atoms with Crippen molar-refractivity contribution in [2.45, 2.75) is 31.2 Å². The Balaban J connectivity index is 1.81. The Labute approximate surface area is 124 Å². The Morgan fingerprint density at radius 1 is 1.38 bits per heavy atom. The highest BCUT2D eigenvalue weighted by atomic mass is 16.2. The summed E-state index contributed by atoms with van der Waals surface area (Å²) in [5.74, 6) is 0.784. The number of rotatable bonds is 3. The number of nitrogens with two attached hydrogens (primary N) is 1. The fraction of sp³-hybridized carbons (Fsp3) is 0.375. The molecule has 1 saturated carbocycles. The van der Waals surface area contributed by atoms with Gasteiger partial charge in [0.25, 0.3) is 0 Å². The Hall–Kier alpha value is -2.14. The van der Waals surface area contributed by atoms with Crippen LogP contribution in [-0.2, 0) is 11.8 Å². The van der Waals surface area contributed by atoms with Crippen molar-refractivity contribution >= 4 is 11.6 Å². The quantitative estimate of drug-likeness (QED) is 0.908. The highest BCUT2D eigenvalue weighted by Gasteiger charge is 2.36. The summed E-state index contributed by atoms with van der Waals surface area (Å²) in [4.78, 5) is 16.7. The smallest absolute Gasteiger partial charge is 0.244 e. The van der Waals surface area contributed by atoms with Crippen molar-refractivity contribution in [1.82, 2.24) is 9.55 Å². The van der Waals surface area contributed by atoms with E-state index in [1.54, 1.807) is 6.20 Å². The van der Waals surface area contributed by atoms with Crippen molar-refractivity contribution < 1.29 is 4.79 Å². The van der Waals surface area contributed by atoms with Crippen LogP contribution in [0.2, 0.25) is 0 Å². The number of aryl methyl sites for hydroxylation is 1. The highest BCUT2D eigenvalue weighted by molar-refractivity contribution is 5.98. The van der Waals surface area contributed by atoms with E-state index in [4.69, 9.17) is 5.73 Å². The van der Waals surface area contributed by atoms with Crippen molar-refractivity contribution in [3.63, 3.8) is 0 Å². The zero-order valence-corrected chi connectivity index (χ0v) is 12.2. The maximum absolute atomic E-state index is 12.3. The molecule has 1 heterocycles. The Kier molecular flexibility index (Phi) is 3.51. The van der Waals surface area contributed by atoms with Crippen LogP contribution in [-0.4, -0.2) is 21.0 Å². The maximum atomic E-state index is 12.3. The fourth-order valence-electron chi connectivity index (χ4n) is 2.87. The van der Waals surface area contributed by atoms with Gasteiger partial charge in [-0.3, -0.25) is 4.79 Å². The SMILES string of the molecule is Cn1ccnc1-c1cccc(NC(=O)C2(N)CCCC2)c1. The van der Waals surface area contributed by atoms with Crippen molar-refractivity contribution in [3.05, 3.63) is 36.7 Å². The topological polar surface area (TPSA) is 72.9 Å². The number of aromatic nitrogens is 2. The minimum atomic E-state index is -0.709. The molecule has 0 saturated heterocycles. The minimum Gasteiger partial charge on any atom is -0.334 e. The standard InChI is InChI=1S/C16H20N4O/c1-20-10-9-18-14(20)12-5-4-6-13(11-12)19-15(21)16(17)7-2-3-8-16/h4-6,9-11H,2-3,7-8,17H2,1H3,(H,19,21). The molecule has 3 N–H and O–H groups in total. The Bertz CT molecular complexity index is 656. The molecule has 1 aromatic heterocycles. The number of carbonyl (C=O) groups is 1. The van der Waals surface area contributed by atoms with Crippen LogP contribution >= 0.6 is 0 Å². The molecule has 0 atom stereocenters. The van der Waals surface area contributed by atoms with E-state index in [1.807, 2.05) is 42.1 Å². The van der Waals surface area contributed by atoms with Crippen LogP contribution in [0, 0.1) is 0 Å². The Morgan fingerprint density at radius 2 is 2.14 bits per heavy atom. The molecule has 5 heteroatoms. The number of amides is 1. The average molecular weight is 284 g/mol. The molecular weight excluding hydrogens is 264 g/mol. The van der Waals surface area contributed by atoms with Crippen LogP contribution in [0.3, 0.4) is 0 Å². The fourth-order valence-corrected chi connectivity index (χ4v) is 2.87. The van der Waals surface area contributed by atoms with E-state index in [0.717, 1.165) is 42.8 Å². The summed E-state index contributed by atoms with van der Waals surface area (Å²) in [6.45, 7) is 0. The van der Waals surface area contributed by atoms with E-state index in [0.29, 0.717) is 0 Å². The largest absolute Gasteiger partial charge is 0.334 e. The van der Waals surface area contributed by atoms with E-state index in [1.165, 1.54) is 0 Å². The average Bonchev–Trinajstić information content (AvgIpc) is 3.09. The number of benzene rings is 1. The molecule has 1 fully saturated rings. The van der Waals surface area contributed by atoms with Crippen LogP contribution in [0.1, 0.15) is 25.7 Å². The van der Waals surface area contributed by atoms with E-state index < -0.39 is 5.54 Å². The van der Waals surface area contributed by atoms with Crippen LogP contribution in [0.25, 0.3) is 11.4 Å². The third-order valence-corrected chi connectivity index (χ3v) is 4.15. The van der Waals surface area contributed by atoms with Crippen LogP contribution < -0.4 is 11.1 Å². The zero-order chi connectivity index (χ0) is 14.9. The number of imidazole rings is 1. The lowest BCUT2D eigenvalue weighted by Crippen LogP contribution is -2.48. The lowest BCUT2D eigenvalue weighted by atomic mass is 9.98. The molecule has 0 bridgehead atoms. The van der Waals surface area contributed by atoms with Crippen molar-refractivity contribution in [1.29, 1.82) is 0 Å². The predicted molar refractivity (Wildman–Crippen MR) is 82.7 cm³/mol. The number of nitrogens with one attached hydrogen (secondary N) is 1. The van der Waals surface area contributed by atoms with Gasteiger partial charge in [0.15, 0.2) is 0 Å². The third kappa shape index (κ3) is 2.69. The van der Waals surface area contributed by atoms with Gasteiger partial charge < -0.3 is 15.6 Å². The molecule has 21 heavy (non-hydrogen) atoms. The van der Waals surface area contributed by atoms with Gasteiger partial charge in [-0.1, -0.05) is 25.0 Å². The molecule has 0 aliphatic heterocycles. The molecule has 0 spiro atoms. The van der Waals surface area contributed by atoms with Gasteiger partial charge >= 0.3 is 0 Å². The van der Waals surface area contributed by atoms with Gasteiger partial charge in [-0.25, -0.2) is 4.98 Å². The molecule has 2 aromatic rings. The van der Waals surface area contributed by atoms with E-state index in [-0.39, 0.29) is 5.91 Å². The summed E-state index contributed by atoms with van der Waals surface area (Å²) in [7, 11) is 1.95. The number of hydrogen-bond acceptors (Lipinski definition) is 3. The summed E-state index contributed by atoms with van der Waals surface area (Å²) in [6, 6.07) is 7.70. The normalized spacial score (nSPS) is 16.9. The second-order valence-corrected chi connectivity index (χ2v) is 5.76. The predicted octanol–water partition coefficient (Wildman–Crippen LogP) is 2.30. The number of carbonyl (C=O) groups excluding carboxylic acids is 1. The monoisotopic (exact) mass is 284 g/mol. The lowest BCUT2D eigenvalue weighted by Gasteiger charge is -2.22. The first-order valence-electron chi connectivity index (χ1n) is 7.27. The van der Waals surface area contributed by atoms with E-state index in [9.17, 15) is 4.79 Å². The number of anilines is 1. The van der Waals surface area contributed by atoms with Crippen LogP contribution in [0.4, 0.5) is 5.69 Å². The van der Waals surface area contributed by atoms with Crippen molar-refractivity contribution in [2.24, 2.45) is 12.8 Å². The summed E-state index contributed by atoms with van der Waals surface area (Å²) >= 11 is 0. The molecule has 5 nitrogen and oxygen atoms in total. The summed E-state index contributed by atoms with van der Waals surface area (Å²) in [5, 5.41) is 2.95. The van der Waals surface area contributed by atoms with Gasteiger partial charge in [0.05, 0.1) is 5.54 Å². The van der Waals surface area contributed by atoms with E-state index in [2.05, 4.69) is 10.3 Å². The van der Waals surface area contributed by atoms with Gasteiger partial charge in [-0.05, 0) is 25.0 Å². The summed E-state index contributed by atoms with van der Waals surface area (Å²) in [6.07, 6.45) is 7.23. The zero-order valence-electron chi connectivity index (χ0n) is 12.2. The number of nitrogens with zero attached hydrogens (tertiary/aromatic N) is 2. The van der Waals surface area contributed by atoms with Crippen molar-refractivity contribution in [3.8, 4) is 11.4 Å². The molecule has 1 amide bonds. The van der Waals surface area contributed by atoms with Gasteiger partial charge in [0.1, 0.15) is 5.82 Å². The van der Waals surface area contributed by atoms with Crippen LogP contribution in [0.5, 0.6) is 0 Å². The third-order valence-electron chi connectivity index (χ3n) is 4.15. The van der Waals surface area contributed by atoms with Crippen molar-refractivity contribution in [2.75, 3.05) is 5.32 Å². The molecule has 0 radical (unpaired) electrons. The minimum absolute atomic E-state index is 0.0861. The summed E-state index contributed by atoms with van der Waals surface area (Å²) in [5.41, 5.74) is 7.20. The second kappa shape index (κ2) is 5.33. The molecule has 0 unspecified atom stereocenters. The Morgan fingerprint density at radius 3 is 2.81 bits per heavy atom. The maximum Gasteiger partial charge on any atom is 0.244 e.